The van der Waals surface area contributed by atoms with Gasteiger partial charge in [0.15, 0.2) is 0 Å². The second kappa shape index (κ2) is 8.61. The van der Waals surface area contributed by atoms with Crippen LogP contribution < -0.4 is 10.2 Å². The highest BCUT2D eigenvalue weighted by Gasteiger charge is 2.33. The number of nitrogens with zero attached hydrogens (tertiary/aromatic N) is 2. The lowest BCUT2D eigenvalue weighted by molar-refractivity contribution is -0.126. The lowest BCUT2D eigenvalue weighted by Gasteiger charge is -2.31. The molecule has 0 radical (unpaired) electrons. The number of hydrogen-bond acceptors (Lipinski definition) is 4. The minimum Gasteiger partial charge on any atom is -0.356 e. The van der Waals surface area contributed by atoms with Gasteiger partial charge in [-0.2, -0.15) is 4.31 Å². The van der Waals surface area contributed by atoms with E-state index in [1.807, 2.05) is 13.8 Å². The van der Waals surface area contributed by atoms with E-state index in [4.69, 9.17) is 0 Å². The molecule has 2 heterocycles. The Labute approximate surface area is 167 Å². The van der Waals surface area contributed by atoms with E-state index in [2.05, 4.69) is 5.32 Å². The highest BCUT2D eigenvalue weighted by Crippen LogP contribution is 2.27. The molecule has 7 nitrogen and oxygen atoms in total. The number of carbonyl (C=O) groups excluding carboxylic acids is 2. The third kappa shape index (κ3) is 4.55. The Morgan fingerprint density at radius 3 is 2.50 bits per heavy atom. The van der Waals surface area contributed by atoms with E-state index in [1.54, 1.807) is 29.2 Å². The topological polar surface area (TPSA) is 86.8 Å². The van der Waals surface area contributed by atoms with Crippen molar-refractivity contribution in [1.82, 2.24) is 9.62 Å². The van der Waals surface area contributed by atoms with Crippen LogP contribution in [-0.4, -0.2) is 50.7 Å². The average Bonchev–Trinajstić information content (AvgIpc) is 3.12. The van der Waals surface area contributed by atoms with E-state index in [9.17, 15) is 18.0 Å². The minimum atomic E-state index is -3.66. The summed E-state index contributed by atoms with van der Waals surface area (Å²) in [5.74, 6) is 0.0375. The van der Waals surface area contributed by atoms with Crippen LogP contribution in [0.25, 0.3) is 0 Å². The van der Waals surface area contributed by atoms with Gasteiger partial charge in [0.1, 0.15) is 0 Å². The molecule has 0 spiro atoms. The molecule has 2 saturated heterocycles. The van der Waals surface area contributed by atoms with Crippen molar-refractivity contribution in [2.45, 2.75) is 44.4 Å². The fourth-order valence-corrected chi connectivity index (χ4v) is 5.22. The van der Waals surface area contributed by atoms with Gasteiger partial charge in [0.25, 0.3) is 0 Å². The molecule has 154 valence electrons. The van der Waals surface area contributed by atoms with Crippen molar-refractivity contribution < 1.29 is 18.0 Å². The van der Waals surface area contributed by atoms with E-state index in [0.717, 1.165) is 12.1 Å². The highest BCUT2D eigenvalue weighted by atomic mass is 32.2. The molecule has 0 saturated carbocycles. The summed E-state index contributed by atoms with van der Waals surface area (Å²) in [6.45, 7) is 5.94. The van der Waals surface area contributed by atoms with Crippen LogP contribution >= 0.6 is 0 Å². The third-order valence-electron chi connectivity index (χ3n) is 5.30. The Morgan fingerprint density at radius 1 is 1.18 bits per heavy atom. The van der Waals surface area contributed by atoms with Gasteiger partial charge in [0.05, 0.1) is 10.8 Å². The quantitative estimate of drug-likeness (QED) is 0.781. The van der Waals surface area contributed by atoms with Gasteiger partial charge in [0, 0.05) is 38.3 Å². The van der Waals surface area contributed by atoms with Gasteiger partial charge in [0.2, 0.25) is 21.8 Å². The van der Waals surface area contributed by atoms with E-state index in [0.29, 0.717) is 44.8 Å². The van der Waals surface area contributed by atoms with Crippen LogP contribution in [0.1, 0.15) is 39.5 Å². The van der Waals surface area contributed by atoms with Crippen LogP contribution in [0.4, 0.5) is 5.69 Å². The Hall–Kier alpha value is -1.93. The zero-order valence-corrected chi connectivity index (χ0v) is 17.4. The highest BCUT2D eigenvalue weighted by molar-refractivity contribution is 7.89. The van der Waals surface area contributed by atoms with E-state index in [-0.39, 0.29) is 29.2 Å². The number of amides is 2. The van der Waals surface area contributed by atoms with Gasteiger partial charge in [-0.05, 0) is 49.4 Å². The van der Waals surface area contributed by atoms with Crippen LogP contribution in [0, 0.1) is 11.8 Å². The molecule has 1 aromatic rings. The van der Waals surface area contributed by atoms with Gasteiger partial charge in [-0.25, -0.2) is 8.42 Å². The molecule has 0 bridgehead atoms. The maximum Gasteiger partial charge on any atom is 0.243 e. The molecular weight excluding hydrogens is 378 g/mol. The van der Waals surface area contributed by atoms with Crippen molar-refractivity contribution in [3.05, 3.63) is 24.3 Å². The molecule has 8 heteroatoms. The second-order valence-electron chi connectivity index (χ2n) is 7.98. The number of rotatable bonds is 6. The summed E-state index contributed by atoms with van der Waals surface area (Å²) in [7, 11) is -3.66. The smallest absolute Gasteiger partial charge is 0.243 e. The van der Waals surface area contributed by atoms with Gasteiger partial charge in [-0.1, -0.05) is 13.8 Å². The van der Waals surface area contributed by atoms with Gasteiger partial charge >= 0.3 is 0 Å². The number of benzene rings is 1. The van der Waals surface area contributed by atoms with Crippen molar-refractivity contribution in [3.8, 4) is 0 Å². The van der Waals surface area contributed by atoms with Crippen LogP contribution in [0.15, 0.2) is 29.2 Å². The molecule has 3 rings (SSSR count). The normalized spacial score (nSPS) is 21.3. The van der Waals surface area contributed by atoms with E-state index in [1.165, 1.54) is 4.31 Å². The Balaban J connectivity index is 1.69. The molecule has 1 N–H and O–H groups in total. The molecule has 0 aliphatic carbocycles. The number of carbonyl (C=O) groups is 2. The standard InChI is InChI=1S/C20H29N3O4S/c1-15(2)13-21-20(25)16-5-3-11-22(14-16)28(26,27)18-9-7-17(8-10-18)23-12-4-6-19(23)24/h7-10,15-16H,3-6,11-14H2,1-2H3,(H,21,25)/t16-/m0/s1. The first kappa shape index (κ1) is 20.8. The molecule has 1 atom stereocenters. The van der Waals surface area contributed by atoms with Crippen molar-refractivity contribution >= 4 is 27.5 Å². The van der Waals surface area contributed by atoms with Gasteiger partial charge in [-0.3, -0.25) is 9.59 Å². The van der Waals surface area contributed by atoms with Gasteiger partial charge in [-0.15, -0.1) is 0 Å². The fraction of sp³-hybridized carbons (Fsp3) is 0.600. The summed E-state index contributed by atoms with van der Waals surface area (Å²) in [5.41, 5.74) is 0.728. The molecule has 28 heavy (non-hydrogen) atoms. The summed E-state index contributed by atoms with van der Waals surface area (Å²) in [5, 5.41) is 2.91. The Bertz CT molecular complexity index is 820. The molecular formula is C20H29N3O4S. The molecule has 0 unspecified atom stereocenters. The van der Waals surface area contributed by atoms with Crippen molar-refractivity contribution in [2.24, 2.45) is 11.8 Å². The van der Waals surface area contributed by atoms with Crippen molar-refractivity contribution in [3.63, 3.8) is 0 Å². The number of anilines is 1. The van der Waals surface area contributed by atoms with Crippen LogP contribution in [-0.2, 0) is 19.6 Å². The monoisotopic (exact) mass is 407 g/mol. The number of hydrogen-bond donors (Lipinski definition) is 1. The molecule has 2 aliphatic rings. The first-order valence-corrected chi connectivity index (χ1v) is 11.4. The second-order valence-corrected chi connectivity index (χ2v) is 9.92. The summed E-state index contributed by atoms with van der Waals surface area (Å²) >= 11 is 0. The third-order valence-corrected chi connectivity index (χ3v) is 7.18. The molecule has 2 aliphatic heterocycles. The lowest BCUT2D eigenvalue weighted by atomic mass is 9.98. The predicted octanol–water partition coefficient (Wildman–Crippen LogP) is 1.99. The average molecular weight is 408 g/mol. The largest absolute Gasteiger partial charge is 0.356 e. The summed E-state index contributed by atoms with van der Waals surface area (Å²) in [4.78, 5) is 26.1. The first-order chi connectivity index (χ1) is 13.3. The Kier molecular flexibility index (Phi) is 6.40. The van der Waals surface area contributed by atoms with Crippen molar-refractivity contribution in [1.29, 1.82) is 0 Å². The maximum absolute atomic E-state index is 13.0. The SMILES string of the molecule is CC(C)CNC(=O)[C@H]1CCCN(S(=O)(=O)c2ccc(N3CCCC3=O)cc2)C1. The van der Waals surface area contributed by atoms with Crippen LogP contribution in [0.5, 0.6) is 0 Å². The number of piperidine rings is 1. The maximum atomic E-state index is 13.0. The molecule has 2 amide bonds. The molecule has 2 fully saturated rings. The summed E-state index contributed by atoms with van der Waals surface area (Å²) in [6.07, 6.45) is 2.73. The first-order valence-electron chi connectivity index (χ1n) is 9.97. The predicted molar refractivity (Wildman–Crippen MR) is 107 cm³/mol. The van der Waals surface area contributed by atoms with Gasteiger partial charge < -0.3 is 10.2 Å². The lowest BCUT2D eigenvalue weighted by Crippen LogP contribution is -2.45. The summed E-state index contributed by atoms with van der Waals surface area (Å²) in [6, 6.07) is 6.48. The summed E-state index contributed by atoms with van der Waals surface area (Å²) < 4.78 is 27.5. The number of nitrogens with one attached hydrogen (secondary N) is 1. The van der Waals surface area contributed by atoms with E-state index < -0.39 is 10.0 Å². The molecule has 0 aromatic heterocycles. The van der Waals surface area contributed by atoms with Crippen LogP contribution in [0.2, 0.25) is 0 Å². The Morgan fingerprint density at radius 2 is 1.89 bits per heavy atom. The number of sulfonamides is 1. The minimum absolute atomic E-state index is 0.0712. The fourth-order valence-electron chi connectivity index (χ4n) is 3.69. The zero-order valence-electron chi connectivity index (χ0n) is 16.6. The van der Waals surface area contributed by atoms with Crippen molar-refractivity contribution in [2.75, 3.05) is 31.1 Å². The molecule has 1 aromatic carbocycles. The van der Waals surface area contributed by atoms with E-state index >= 15 is 0 Å². The zero-order chi connectivity index (χ0) is 20.3. The van der Waals surface area contributed by atoms with Crippen LogP contribution in [0.3, 0.4) is 0 Å².